The van der Waals surface area contributed by atoms with Crippen molar-refractivity contribution in [3.8, 4) is 5.75 Å². The second-order valence-electron chi connectivity index (χ2n) is 7.17. The molecule has 1 aromatic rings. The van der Waals surface area contributed by atoms with Gasteiger partial charge < -0.3 is 24.9 Å². The molecule has 0 spiro atoms. The van der Waals surface area contributed by atoms with Gasteiger partial charge in [0.25, 0.3) is 0 Å². The Kier molecular flexibility index (Phi) is 16.3. The Hall–Kier alpha value is -1.49. The average molecular weight is 462 g/mol. The monoisotopic (exact) mass is 461 g/mol. The molecule has 0 amide bonds. The standard InChI is InChI=1S/C22H36O7S.H3N/c1-4-6-7-8-9-10-11-22(26-16-5-2)20-12-14-21(15-13-20)27-17-19(3)28-18-29-30(23,24)25;/h5,12-15,19,22H,2,4,6-11,16-18H2,1,3H3,(H,23,24,25);1H3. The Balaban J connectivity index is 0.00000900. The highest BCUT2D eigenvalue weighted by Gasteiger charge is 2.12. The van der Waals surface area contributed by atoms with Crippen molar-refractivity contribution in [1.29, 1.82) is 0 Å². The number of unbranched alkanes of at least 4 members (excludes halogenated alkanes) is 5. The first kappa shape index (κ1) is 29.5. The van der Waals surface area contributed by atoms with E-state index in [1.807, 2.05) is 24.3 Å². The van der Waals surface area contributed by atoms with E-state index in [-0.39, 0.29) is 18.9 Å². The quantitative estimate of drug-likeness (QED) is 0.103. The van der Waals surface area contributed by atoms with Crippen LogP contribution in [0.25, 0.3) is 0 Å². The van der Waals surface area contributed by atoms with Gasteiger partial charge in [-0.2, -0.15) is 0 Å². The molecular weight excluding hydrogens is 422 g/mol. The lowest BCUT2D eigenvalue weighted by atomic mass is 10.0. The van der Waals surface area contributed by atoms with Crippen molar-refractivity contribution in [2.24, 2.45) is 0 Å². The van der Waals surface area contributed by atoms with Gasteiger partial charge >= 0.3 is 0 Å². The summed E-state index contributed by atoms with van der Waals surface area (Å²) in [5.74, 6) is 0.661. The van der Waals surface area contributed by atoms with E-state index in [1.54, 1.807) is 13.0 Å². The zero-order chi connectivity index (χ0) is 22.2. The average Bonchev–Trinajstić information content (AvgIpc) is 2.71. The first-order chi connectivity index (χ1) is 14.4. The second kappa shape index (κ2) is 17.1. The number of benzene rings is 1. The molecule has 180 valence electrons. The largest absolute Gasteiger partial charge is 0.725 e. The highest BCUT2D eigenvalue weighted by molar-refractivity contribution is 7.80. The Bertz CT molecular complexity index is 680. The van der Waals surface area contributed by atoms with Gasteiger partial charge in [-0.25, -0.2) is 8.42 Å². The summed E-state index contributed by atoms with van der Waals surface area (Å²) in [4.78, 5) is 0. The minimum absolute atomic E-state index is 0. The smallest absolute Gasteiger partial charge is 0.219 e. The van der Waals surface area contributed by atoms with E-state index in [0.717, 1.165) is 18.4 Å². The van der Waals surface area contributed by atoms with Gasteiger partial charge in [0.05, 0.1) is 18.8 Å². The number of hydrogen-bond acceptors (Lipinski definition) is 7. The molecule has 8 nitrogen and oxygen atoms in total. The fourth-order valence-corrected chi connectivity index (χ4v) is 3.06. The molecule has 0 aliphatic carbocycles. The Morgan fingerprint density at radius 3 is 2.32 bits per heavy atom. The van der Waals surface area contributed by atoms with Crippen molar-refractivity contribution >= 4 is 10.4 Å². The number of ether oxygens (including phenoxy) is 3. The van der Waals surface area contributed by atoms with Crippen molar-refractivity contribution in [2.45, 2.75) is 71.0 Å². The van der Waals surface area contributed by atoms with E-state index >= 15 is 0 Å². The zero-order valence-corrected chi connectivity index (χ0v) is 19.9. The molecule has 1 aromatic carbocycles. The molecule has 0 radical (unpaired) electrons. The lowest BCUT2D eigenvalue weighted by Crippen LogP contribution is -2.20. The van der Waals surface area contributed by atoms with E-state index in [0.29, 0.717) is 12.4 Å². The molecule has 9 heteroatoms. The van der Waals surface area contributed by atoms with Crippen molar-refractivity contribution in [3.05, 3.63) is 42.5 Å². The van der Waals surface area contributed by atoms with Crippen LogP contribution in [0.4, 0.5) is 0 Å². The summed E-state index contributed by atoms with van der Waals surface area (Å²) in [5, 5.41) is 0. The van der Waals surface area contributed by atoms with E-state index < -0.39 is 23.3 Å². The molecule has 0 aromatic heterocycles. The summed E-state index contributed by atoms with van der Waals surface area (Å²) < 4.78 is 51.8. The third kappa shape index (κ3) is 15.0. The SMILES string of the molecule is C=CCOC(CCCCCCCC)c1ccc(OCC(C)OCOS(=O)(=O)[O-])cc1.[NH4+]. The van der Waals surface area contributed by atoms with E-state index in [1.165, 1.54) is 32.1 Å². The van der Waals surface area contributed by atoms with E-state index in [9.17, 15) is 13.0 Å². The van der Waals surface area contributed by atoms with Crippen LogP contribution in [-0.4, -0.2) is 39.1 Å². The van der Waals surface area contributed by atoms with Crippen molar-refractivity contribution < 1.29 is 31.4 Å². The number of rotatable bonds is 18. The van der Waals surface area contributed by atoms with Crippen LogP contribution >= 0.6 is 0 Å². The van der Waals surface area contributed by atoms with Crippen LogP contribution < -0.4 is 10.9 Å². The lowest BCUT2D eigenvalue weighted by Gasteiger charge is -2.19. The van der Waals surface area contributed by atoms with Gasteiger partial charge in [0, 0.05) is 0 Å². The molecule has 0 bridgehead atoms. The Morgan fingerprint density at radius 1 is 1.06 bits per heavy atom. The van der Waals surface area contributed by atoms with Crippen LogP contribution in [0, 0.1) is 0 Å². The van der Waals surface area contributed by atoms with Crippen molar-refractivity contribution in [1.82, 2.24) is 6.15 Å². The summed E-state index contributed by atoms with van der Waals surface area (Å²) in [6, 6.07) is 7.70. The van der Waals surface area contributed by atoms with Gasteiger partial charge in [-0.3, -0.25) is 4.18 Å². The highest BCUT2D eigenvalue weighted by atomic mass is 32.3. The van der Waals surface area contributed by atoms with Crippen molar-refractivity contribution in [2.75, 3.05) is 20.0 Å². The minimum Gasteiger partial charge on any atom is -0.725 e. The summed E-state index contributed by atoms with van der Waals surface area (Å²) in [7, 11) is -4.75. The van der Waals surface area contributed by atoms with Gasteiger partial charge in [0.1, 0.15) is 12.4 Å². The summed E-state index contributed by atoms with van der Waals surface area (Å²) >= 11 is 0. The molecule has 0 aliphatic rings. The van der Waals surface area contributed by atoms with E-state index in [4.69, 9.17) is 14.2 Å². The number of hydrogen-bond donors (Lipinski definition) is 1. The van der Waals surface area contributed by atoms with Gasteiger partial charge in [-0.1, -0.05) is 63.7 Å². The van der Waals surface area contributed by atoms with Gasteiger partial charge in [-0.05, 0) is 31.0 Å². The predicted molar refractivity (Wildman–Crippen MR) is 121 cm³/mol. The maximum Gasteiger partial charge on any atom is 0.219 e. The van der Waals surface area contributed by atoms with Crippen LogP contribution in [0.3, 0.4) is 0 Å². The third-order valence-corrected chi connectivity index (χ3v) is 4.90. The molecular formula is C22H39NO7S. The van der Waals surface area contributed by atoms with Crippen LogP contribution in [0.2, 0.25) is 0 Å². The molecule has 4 N–H and O–H groups in total. The zero-order valence-electron chi connectivity index (χ0n) is 19.1. The molecule has 0 fully saturated rings. The summed E-state index contributed by atoms with van der Waals surface area (Å²) in [6.45, 7) is 7.71. The number of quaternary nitrogens is 1. The predicted octanol–water partition coefficient (Wildman–Crippen LogP) is 5.28. The fraction of sp³-hybridized carbons (Fsp3) is 0.636. The lowest BCUT2D eigenvalue weighted by molar-refractivity contribution is -0.0457. The van der Waals surface area contributed by atoms with Gasteiger partial charge in [0.15, 0.2) is 6.79 Å². The second-order valence-corrected chi connectivity index (χ2v) is 8.22. The van der Waals surface area contributed by atoms with Gasteiger partial charge in [-0.15, -0.1) is 6.58 Å². The molecule has 1 rings (SSSR count). The first-order valence-electron chi connectivity index (χ1n) is 10.5. The highest BCUT2D eigenvalue weighted by Crippen LogP contribution is 2.26. The molecule has 0 heterocycles. The van der Waals surface area contributed by atoms with E-state index in [2.05, 4.69) is 17.7 Å². The van der Waals surface area contributed by atoms with Crippen LogP contribution in [0.5, 0.6) is 5.75 Å². The Labute approximate surface area is 187 Å². The molecule has 0 aliphatic heterocycles. The van der Waals surface area contributed by atoms with Gasteiger partial charge in [0.2, 0.25) is 10.4 Å². The van der Waals surface area contributed by atoms with Crippen LogP contribution in [-0.2, 0) is 24.1 Å². The minimum atomic E-state index is -4.75. The molecule has 0 saturated heterocycles. The van der Waals surface area contributed by atoms with Crippen LogP contribution in [0.1, 0.15) is 70.5 Å². The Morgan fingerprint density at radius 2 is 1.71 bits per heavy atom. The first-order valence-corrected chi connectivity index (χ1v) is 11.9. The summed E-state index contributed by atoms with van der Waals surface area (Å²) in [6.07, 6.45) is 9.75. The molecule has 31 heavy (non-hydrogen) atoms. The molecule has 2 unspecified atom stereocenters. The maximum absolute atomic E-state index is 10.4. The normalized spacial score (nSPS) is 13.3. The molecule has 2 atom stereocenters. The summed E-state index contributed by atoms with van der Waals surface area (Å²) in [5.41, 5.74) is 1.09. The molecule has 0 saturated carbocycles. The third-order valence-electron chi connectivity index (χ3n) is 4.52. The van der Waals surface area contributed by atoms with Crippen LogP contribution in [0.15, 0.2) is 36.9 Å². The van der Waals surface area contributed by atoms with Crippen molar-refractivity contribution in [3.63, 3.8) is 0 Å². The topological polar surface area (TPSA) is 131 Å². The maximum atomic E-state index is 10.4. The fourth-order valence-electron chi connectivity index (χ4n) is 2.88.